The molecule has 1 aliphatic heterocycles. The van der Waals surface area contributed by atoms with Gasteiger partial charge >= 0.3 is 0 Å². The third-order valence-electron chi connectivity index (χ3n) is 4.04. The number of aromatic nitrogens is 1. The fraction of sp³-hybridized carbons (Fsp3) is 0.412. The van der Waals surface area contributed by atoms with Gasteiger partial charge in [-0.15, -0.1) is 0 Å². The lowest BCUT2D eigenvalue weighted by molar-refractivity contribution is 0.122. The number of nitrogens with zero attached hydrogens (tertiary/aromatic N) is 3. The topological polar surface area (TPSA) is 49.2 Å². The predicted molar refractivity (Wildman–Crippen MR) is 83.6 cm³/mol. The van der Waals surface area contributed by atoms with E-state index in [1.807, 2.05) is 0 Å². The zero-order valence-electron chi connectivity index (χ0n) is 12.5. The van der Waals surface area contributed by atoms with Crippen LogP contribution >= 0.6 is 0 Å². The lowest BCUT2D eigenvalue weighted by atomic mass is 10.0. The molecule has 0 radical (unpaired) electrons. The van der Waals surface area contributed by atoms with Gasteiger partial charge in [0.1, 0.15) is 5.82 Å². The minimum atomic E-state index is 0.392. The van der Waals surface area contributed by atoms with Gasteiger partial charge in [-0.05, 0) is 31.0 Å². The number of anilines is 1. The van der Waals surface area contributed by atoms with Crippen molar-refractivity contribution < 1.29 is 4.74 Å². The van der Waals surface area contributed by atoms with Crippen molar-refractivity contribution in [2.45, 2.75) is 20.3 Å². The molecule has 0 amide bonds. The summed E-state index contributed by atoms with van der Waals surface area (Å²) in [7, 11) is 0. The molecule has 0 unspecified atom stereocenters. The number of hydrogen-bond acceptors (Lipinski definition) is 4. The van der Waals surface area contributed by atoms with Crippen LogP contribution in [0.3, 0.4) is 0 Å². The molecule has 4 heteroatoms. The fourth-order valence-corrected chi connectivity index (χ4v) is 2.83. The Hall–Kier alpha value is -2.12. The van der Waals surface area contributed by atoms with Crippen LogP contribution in [0.5, 0.6) is 0 Å². The third kappa shape index (κ3) is 2.57. The number of aryl methyl sites for hydroxylation is 2. The molecule has 0 atom stereocenters. The van der Waals surface area contributed by atoms with E-state index in [1.54, 1.807) is 0 Å². The second kappa shape index (κ2) is 5.71. The van der Waals surface area contributed by atoms with Crippen LogP contribution in [0.2, 0.25) is 0 Å². The van der Waals surface area contributed by atoms with Crippen molar-refractivity contribution in [3.8, 4) is 6.07 Å². The van der Waals surface area contributed by atoms with Crippen molar-refractivity contribution in [2.24, 2.45) is 0 Å². The molecular formula is C17H19N3O. The molecule has 21 heavy (non-hydrogen) atoms. The van der Waals surface area contributed by atoms with E-state index in [0.717, 1.165) is 48.6 Å². The molecule has 0 aliphatic carbocycles. The summed E-state index contributed by atoms with van der Waals surface area (Å²) in [6, 6.07) is 8.63. The Kier molecular flexibility index (Phi) is 3.76. The van der Waals surface area contributed by atoms with Crippen molar-refractivity contribution in [1.29, 1.82) is 5.26 Å². The van der Waals surface area contributed by atoms with Gasteiger partial charge in [0, 0.05) is 24.0 Å². The van der Waals surface area contributed by atoms with E-state index in [0.29, 0.717) is 6.42 Å². The summed E-state index contributed by atoms with van der Waals surface area (Å²) in [6.07, 6.45) is 0.392. The standard InChI is InChI=1S/C17H19N3O/c1-12-3-4-13(2)16-15(12)11-14(5-6-18)17(19-16)20-7-9-21-10-8-20/h3-4,11H,5,7-10H2,1-2H3. The average molecular weight is 281 g/mol. The highest BCUT2D eigenvalue weighted by Crippen LogP contribution is 2.28. The van der Waals surface area contributed by atoms with Crippen LogP contribution in [0.1, 0.15) is 16.7 Å². The highest BCUT2D eigenvalue weighted by atomic mass is 16.5. The monoisotopic (exact) mass is 281 g/mol. The summed E-state index contributed by atoms with van der Waals surface area (Å²) in [5, 5.41) is 10.3. The van der Waals surface area contributed by atoms with E-state index in [9.17, 15) is 0 Å². The summed E-state index contributed by atoms with van der Waals surface area (Å²) in [4.78, 5) is 7.13. The Morgan fingerprint density at radius 3 is 2.67 bits per heavy atom. The first-order valence-electron chi connectivity index (χ1n) is 7.30. The number of rotatable bonds is 2. The number of hydrogen-bond donors (Lipinski definition) is 0. The van der Waals surface area contributed by atoms with Gasteiger partial charge in [-0.3, -0.25) is 0 Å². The summed E-state index contributed by atoms with van der Waals surface area (Å²) >= 11 is 0. The maximum atomic E-state index is 9.12. The average Bonchev–Trinajstić information content (AvgIpc) is 2.52. The second-order valence-electron chi connectivity index (χ2n) is 5.50. The van der Waals surface area contributed by atoms with Crippen LogP contribution in [0.15, 0.2) is 18.2 Å². The van der Waals surface area contributed by atoms with Crippen LogP contribution in [-0.2, 0) is 11.2 Å². The summed E-state index contributed by atoms with van der Waals surface area (Å²) in [6.45, 7) is 7.29. The maximum absolute atomic E-state index is 9.12. The molecule has 108 valence electrons. The molecule has 1 saturated heterocycles. The van der Waals surface area contributed by atoms with Gasteiger partial charge < -0.3 is 9.64 Å². The number of nitriles is 1. The molecule has 0 bridgehead atoms. The zero-order valence-corrected chi connectivity index (χ0v) is 12.5. The molecule has 2 heterocycles. The van der Waals surface area contributed by atoms with Crippen LogP contribution < -0.4 is 4.90 Å². The molecule has 1 aliphatic rings. The fourth-order valence-electron chi connectivity index (χ4n) is 2.83. The molecule has 0 saturated carbocycles. The molecule has 1 aromatic carbocycles. The van der Waals surface area contributed by atoms with E-state index in [-0.39, 0.29) is 0 Å². The van der Waals surface area contributed by atoms with Crippen LogP contribution in [0, 0.1) is 25.2 Å². The second-order valence-corrected chi connectivity index (χ2v) is 5.50. The van der Waals surface area contributed by atoms with Gasteiger partial charge in [-0.25, -0.2) is 4.98 Å². The van der Waals surface area contributed by atoms with Gasteiger partial charge in [0.05, 0.1) is 31.2 Å². The Bertz CT molecular complexity index is 712. The summed E-state index contributed by atoms with van der Waals surface area (Å²) < 4.78 is 5.42. The SMILES string of the molecule is Cc1ccc(C)c2nc(N3CCOCC3)c(CC#N)cc12. The highest BCUT2D eigenvalue weighted by Gasteiger charge is 2.18. The first-order valence-corrected chi connectivity index (χ1v) is 7.30. The van der Waals surface area contributed by atoms with Gasteiger partial charge in [0.15, 0.2) is 0 Å². The molecule has 0 N–H and O–H groups in total. The third-order valence-corrected chi connectivity index (χ3v) is 4.04. The van der Waals surface area contributed by atoms with E-state index in [1.165, 1.54) is 11.1 Å². The minimum absolute atomic E-state index is 0.392. The Morgan fingerprint density at radius 2 is 1.95 bits per heavy atom. The number of fused-ring (bicyclic) bond motifs is 1. The first-order chi connectivity index (χ1) is 10.2. The molecule has 2 aromatic rings. The number of morpholine rings is 1. The van der Waals surface area contributed by atoms with E-state index in [4.69, 9.17) is 15.0 Å². The number of benzene rings is 1. The number of ether oxygens (including phenoxy) is 1. The van der Waals surface area contributed by atoms with Crippen LogP contribution in [0.25, 0.3) is 10.9 Å². The first kappa shape index (κ1) is 13.8. The Labute approximate surface area is 125 Å². The molecule has 4 nitrogen and oxygen atoms in total. The predicted octanol–water partition coefficient (Wildman–Crippen LogP) is 2.75. The van der Waals surface area contributed by atoms with Gasteiger partial charge in [-0.2, -0.15) is 5.26 Å². The Balaban J connectivity index is 2.19. The Morgan fingerprint density at radius 1 is 1.24 bits per heavy atom. The summed E-state index contributed by atoms with van der Waals surface area (Å²) in [5.74, 6) is 0.945. The van der Waals surface area contributed by atoms with E-state index >= 15 is 0 Å². The van der Waals surface area contributed by atoms with E-state index < -0.39 is 0 Å². The maximum Gasteiger partial charge on any atom is 0.133 e. The highest BCUT2D eigenvalue weighted by molar-refractivity contribution is 5.87. The minimum Gasteiger partial charge on any atom is -0.378 e. The van der Waals surface area contributed by atoms with Gasteiger partial charge in [-0.1, -0.05) is 12.1 Å². The zero-order chi connectivity index (χ0) is 14.8. The van der Waals surface area contributed by atoms with Crippen molar-refractivity contribution in [2.75, 3.05) is 31.2 Å². The van der Waals surface area contributed by atoms with Gasteiger partial charge in [0.2, 0.25) is 0 Å². The molecule has 1 fully saturated rings. The molecule has 1 aromatic heterocycles. The molecular weight excluding hydrogens is 262 g/mol. The van der Waals surface area contributed by atoms with Crippen molar-refractivity contribution in [3.63, 3.8) is 0 Å². The number of pyridine rings is 1. The molecule has 3 rings (SSSR count). The van der Waals surface area contributed by atoms with Gasteiger partial charge in [0.25, 0.3) is 0 Å². The normalized spacial score (nSPS) is 15.2. The lowest BCUT2D eigenvalue weighted by Crippen LogP contribution is -2.37. The quantitative estimate of drug-likeness (QED) is 0.849. The van der Waals surface area contributed by atoms with Crippen molar-refractivity contribution in [3.05, 3.63) is 34.9 Å². The molecule has 0 spiro atoms. The van der Waals surface area contributed by atoms with Crippen LogP contribution in [-0.4, -0.2) is 31.3 Å². The van der Waals surface area contributed by atoms with E-state index in [2.05, 4.69) is 43.0 Å². The van der Waals surface area contributed by atoms with Crippen molar-refractivity contribution in [1.82, 2.24) is 4.98 Å². The van der Waals surface area contributed by atoms with Crippen molar-refractivity contribution >= 4 is 16.7 Å². The largest absolute Gasteiger partial charge is 0.378 e. The summed E-state index contributed by atoms with van der Waals surface area (Å²) in [5.41, 5.74) is 4.43. The smallest absolute Gasteiger partial charge is 0.133 e. The lowest BCUT2D eigenvalue weighted by Gasteiger charge is -2.29. The van der Waals surface area contributed by atoms with Crippen LogP contribution in [0.4, 0.5) is 5.82 Å².